The molecular formula is C14H22N4O. The van der Waals surface area contributed by atoms with Gasteiger partial charge in [-0.3, -0.25) is 9.78 Å². The number of aryl methyl sites for hydroxylation is 1. The highest BCUT2D eigenvalue weighted by molar-refractivity contribution is 5.92. The summed E-state index contributed by atoms with van der Waals surface area (Å²) in [5.74, 6) is 0.0216. The van der Waals surface area contributed by atoms with Crippen molar-refractivity contribution in [1.82, 2.24) is 20.2 Å². The van der Waals surface area contributed by atoms with Crippen molar-refractivity contribution in [1.29, 1.82) is 0 Å². The number of amides is 1. The molecule has 1 fully saturated rings. The van der Waals surface area contributed by atoms with E-state index in [0.717, 1.165) is 38.0 Å². The van der Waals surface area contributed by atoms with Crippen LogP contribution in [0.3, 0.4) is 0 Å². The van der Waals surface area contributed by atoms with Crippen molar-refractivity contribution >= 4 is 5.91 Å². The second-order valence-electron chi connectivity index (χ2n) is 5.08. The number of carbonyl (C=O) groups excluding carboxylic acids is 1. The van der Waals surface area contributed by atoms with Gasteiger partial charge < -0.3 is 10.2 Å². The van der Waals surface area contributed by atoms with Crippen LogP contribution in [0, 0.1) is 6.92 Å². The molecule has 1 unspecified atom stereocenters. The number of carbonyl (C=O) groups is 1. The lowest BCUT2D eigenvalue weighted by Gasteiger charge is -2.35. The van der Waals surface area contributed by atoms with Crippen LogP contribution in [0.15, 0.2) is 12.4 Å². The first-order valence-corrected chi connectivity index (χ1v) is 6.96. The summed E-state index contributed by atoms with van der Waals surface area (Å²) < 4.78 is 0. The monoisotopic (exact) mass is 262 g/mol. The molecule has 0 spiro atoms. The van der Waals surface area contributed by atoms with Crippen LogP contribution in [0.25, 0.3) is 0 Å². The number of likely N-dealkylation sites (tertiary alicyclic amines) is 1. The zero-order valence-electron chi connectivity index (χ0n) is 11.7. The summed E-state index contributed by atoms with van der Waals surface area (Å²) in [5.41, 5.74) is 1.30. The number of rotatable bonds is 4. The smallest absolute Gasteiger partial charge is 0.274 e. The van der Waals surface area contributed by atoms with E-state index in [0.29, 0.717) is 11.7 Å². The van der Waals surface area contributed by atoms with Crippen molar-refractivity contribution in [2.24, 2.45) is 0 Å². The molecule has 1 aromatic rings. The number of hydrogen-bond acceptors (Lipinski definition) is 4. The van der Waals surface area contributed by atoms with Crippen molar-refractivity contribution in [2.75, 3.05) is 20.1 Å². The molecule has 0 radical (unpaired) electrons. The number of nitrogens with one attached hydrogen (secondary N) is 1. The van der Waals surface area contributed by atoms with Gasteiger partial charge in [0.05, 0.1) is 11.9 Å². The van der Waals surface area contributed by atoms with E-state index in [1.54, 1.807) is 12.4 Å². The van der Waals surface area contributed by atoms with Crippen LogP contribution in [-0.4, -0.2) is 47.0 Å². The van der Waals surface area contributed by atoms with Crippen LogP contribution in [0.4, 0.5) is 0 Å². The molecule has 1 aromatic heterocycles. The lowest BCUT2D eigenvalue weighted by molar-refractivity contribution is 0.0596. The molecule has 1 amide bonds. The summed E-state index contributed by atoms with van der Waals surface area (Å²) in [6.07, 6.45) is 7.62. The van der Waals surface area contributed by atoms with Crippen molar-refractivity contribution in [3.8, 4) is 0 Å². The Morgan fingerprint density at radius 2 is 2.26 bits per heavy atom. The van der Waals surface area contributed by atoms with E-state index in [9.17, 15) is 4.79 Å². The van der Waals surface area contributed by atoms with E-state index in [1.807, 2.05) is 18.9 Å². The van der Waals surface area contributed by atoms with E-state index in [2.05, 4.69) is 15.3 Å². The quantitative estimate of drug-likeness (QED) is 0.891. The van der Waals surface area contributed by atoms with Crippen LogP contribution in [-0.2, 0) is 0 Å². The highest BCUT2D eigenvalue weighted by Gasteiger charge is 2.27. The highest BCUT2D eigenvalue weighted by atomic mass is 16.2. The molecular weight excluding hydrogens is 240 g/mol. The van der Waals surface area contributed by atoms with Crippen LogP contribution in [0.1, 0.15) is 41.9 Å². The standard InChI is InChI=1S/C14H22N4O/c1-11-9-17-13(10-16-11)14(19)18-8-4-3-5-12(18)6-7-15-2/h9-10,12,15H,3-8H2,1-2H3. The molecule has 5 nitrogen and oxygen atoms in total. The van der Waals surface area contributed by atoms with Gasteiger partial charge in [-0.2, -0.15) is 0 Å². The molecule has 1 atom stereocenters. The van der Waals surface area contributed by atoms with E-state index < -0.39 is 0 Å². The normalized spacial score (nSPS) is 19.5. The van der Waals surface area contributed by atoms with Crippen molar-refractivity contribution < 1.29 is 4.79 Å². The minimum absolute atomic E-state index is 0.0216. The summed E-state index contributed by atoms with van der Waals surface area (Å²) in [4.78, 5) is 22.8. The van der Waals surface area contributed by atoms with E-state index in [-0.39, 0.29) is 5.91 Å². The van der Waals surface area contributed by atoms with Gasteiger partial charge in [-0.1, -0.05) is 0 Å². The molecule has 5 heteroatoms. The molecule has 1 aliphatic heterocycles. The third-order valence-corrected chi connectivity index (χ3v) is 3.62. The maximum atomic E-state index is 12.5. The lowest BCUT2D eigenvalue weighted by atomic mass is 9.99. The van der Waals surface area contributed by atoms with E-state index in [4.69, 9.17) is 0 Å². The van der Waals surface area contributed by atoms with Gasteiger partial charge in [-0.05, 0) is 46.2 Å². The van der Waals surface area contributed by atoms with Crippen LogP contribution in [0.5, 0.6) is 0 Å². The maximum absolute atomic E-state index is 12.5. The molecule has 0 saturated carbocycles. The summed E-state index contributed by atoms with van der Waals surface area (Å²) in [6, 6.07) is 0.330. The Balaban J connectivity index is 2.08. The fourth-order valence-corrected chi connectivity index (χ4v) is 2.53. The predicted molar refractivity (Wildman–Crippen MR) is 74.0 cm³/mol. The summed E-state index contributed by atoms with van der Waals surface area (Å²) in [6.45, 7) is 3.65. The largest absolute Gasteiger partial charge is 0.334 e. The first-order chi connectivity index (χ1) is 9.22. The fourth-order valence-electron chi connectivity index (χ4n) is 2.53. The lowest BCUT2D eigenvalue weighted by Crippen LogP contribution is -2.45. The zero-order chi connectivity index (χ0) is 13.7. The SMILES string of the molecule is CNCCC1CCCCN1C(=O)c1cnc(C)cn1. The zero-order valence-corrected chi connectivity index (χ0v) is 11.7. The second kappa shape index (κ2) is 6.61. The van der Waals surface area contributed by atoms with E-state index >= 15 is 0 Å². The summed E-state index contributed by atoms with van der Waals surface area (Å²) in [7, 11) is 1.94. The van der Waals surface area contributed by atoms with Gasteiger partial charge >= 0.3 is 0 Å². The first-order valence-electron chi connectivity index (χ1n) is 6.96. The summed E-state index contributed by atoms with van der Waals surface area (Å²) in [5, 5.41) is 3.16. The Labute approximate surface area is 114 Å². The average molecular weight is 262 g/mol. The molecule has 1 saturated heterocycles. The van der Waals surface area contributed by atoms with Gasteiger partial charge in [0.15, 0.2) is 0 Å². The Kier molecular flexibility index (Phi) is 4.85. The molecule has 1 N–H and O–H groups in total. The third-order valence-electron chi connectivity index (χ3n) is 3.62. The Morgan fingerprint density at radius 1 is 1.42 bits per heavy atom. The first kappa shape index (κ1) is 13.9. The highest BCUT2D eigenvalue weighted by Crippen LogP contribution is 2.21. The van der Waals surface area contributed by atoms with Crippen LogP contribution >= 0.6 is 0 Å². The molecule has 2 rings (SSSR count). The van der Waals surface area contributed by atoms with Gasteiger partial charge in [0, 0.05) is 18.8 Å². The van der Waals surface area contributed by atoms with Crippen molar-refractivity contribution in [3.05, 3.63) is 23.8 Å². The van der Waals surface area contributed by atoms with E-state index in [1.165, 1.54) is 6.42 Å². The van der Waals surface area contributed by atoms with Gasteiger partial charge in [0.25, 0.3) is 5.91 Å². The predicted octanol–water partition coefficient (Wildman–Crippen LogP) is 1.39. The minimum atomic E-state index is 0.0216. The van der Waals surface area contributed by atoms with Gasteiger partial charge in [0.2, 0.25) is 0 Å². The summed E-state index contributed by atoms with van der Waals surface area (Å²) >= 11 is 0. The molecule has 104 valence electrons. The van der Waals surface area contributed by atoms with Gasteiger partial charge in [0.1, 0.15) is 5.69 Å². The van der Waals surface area contributed by atoms with Crippen molar-refractivity contribution in [3.63, 3.8) is 0 Å². The molecule has 0 aromatic carbocycles. The Bertz CT molecular complexity index is 418. The third kappa shape index (κ3) is 3.50. The molecule has 0 aliphatic carbocycles. The molecule has 2 heterocycles. The minimum Gasteiger partial charge on any atom is -0.334 e. The molecule has 0 bridgehead atoms. The molecule has 1 aliphatic rings. The maximum Gasteiger partial charge on any atom is 0.274 e. The van der Waals surface area contributed by atoms with Crippen LogP contribution in [0.2, 0.25) is 0 Å². The fraction of sp³-hybridized carbons (Fsp3) is 0.643. The van der Waals surface area contributed by atoms with Gasteiger partial charge in [-0.25, -0.2) is 4.98 Å². The number of piperidine rings is 1. The average Bonchev–Trinajstić information content (AvgIpc) is 2.45. The number of hydrogen-bond donors (Lipinski definition) is 1. The van der Waals surface area contributed by atoms with Gasteiger partial charge in [-0.15, -0.1) is 0 Å². The number of nitrogens with zero attached hydrogens (tertiary/aromatic N) is 3. The Hall–Kier alpha value is -1.49. The Morgan fingerprint density at radius 3 is 2.95 bits per heavy atom. The van der Waals surface area contributed by atoms with Crippen LogP contribution < -0.4 is 5.32 Å². The second-order valence-corrected chi connectivity index (χ2v) is 5.08. The van der Waals surface area contributed by atoms with Crippen molar-refractivity contribution in [2.45, 2.75) is 38.6 Å². The topological polar surface area (TPSA) is 58.1 Å². The molecule has 19 heavy (non-hydrogen) atoms. The number of aromatic nitrogens is 2.